The molecule has 3 heterocycles. The van der Waals surface area contributed by atoms with E-state index in [2.05, 4.69) is 34.1 Å². The lowest BCUT2D eigenvalue weighted by Gasteiger charge is -2.26. The average molecular weight is 534 g/mol. The number of nitrogens with one attached hydrogen (secondary N) is 1. The van der Waals surface area contributed by atoms with Gasteiger partial charge in [0, 0.05) is 42.1 Å². The van der Waals surface area contributed by atoms with Crippen molar-refractivity contribution in [3.63, 3.8) is 0 Å². The molecule has 0 saturated carbocycles. The molecule has 0 aliphatic carbocycles. The molecule has 1 saturated heterocycles. The Kier molecular flexibility index (Phi) is 10.1. The van der Waals surface area contributed by atoms with E-state index >= 15 is 0 Å². The van der Waals surface area contributed by atoms with Crippen LogP contribution in [0, 0.1) is 12.8 Å². The molecule has 2 aromatic heterocycles. The predicted octanol–water partition coefficient (Wildman–Crippen LogP) is 4.83. The largest absolute Gasteiger partial charge is 0.493 e. The molecule has 3 aromatic rings. The first kappa shape index (κ1) is 27.9. The van der Waals surface area contributed by atoms with Crippen LogP contribution in [0.5, 0.6) is 5.75 Å². The number of carbonyl (C=O) groups excluding carboxylic acids is 1. The lowest BCUT2D eigenvalue weighted by atomic mass is 10.2. The summed E-state index contributed by atoms with van der Waals surface area (Å²) in [7, 11) is 0. The topological polar surface area (TPSA) is 81.5 Å². The average Bonchev–Trinajstić information content (AvgIpc) is 3.20. The molecule has 0 unspecified atom stereocenters. The molecule has 1 fully saturated rings. The molecule has 0 radical (unpaired) electrons. The third-order valence-electron chi connectivity index (χ3n) is 5.70. The van der Waals surface area contributed by atoms with Gasteiger partial charge in [-0.25, -0.2) is 4.98 Å². The van der Waals surface area contributed by atoms with Crippen molar-refractivity contribution in [2.45, 2.75) is 33.9 Å². The molecule has 0 bridgehead atoms. The van der Waals surface area contributed by atoms with E-state index in [-0.39, 0.29) is 18.3 Å². The molecule has 36 heavy (non-hydrogen) atoms. The highest BCUT2D eigenvalue weighted by atomic mass is 35.5. The summed E-state index contributed by atoms with van der Waals surface area (Å²) in [4.78, 5) is 19.6. The van der Waals surface area contributed by atoms with Gasteiger partial charge >= 0.3 is 0 Å². The normalized spacial score (nSPS) is 13.9. The number of benzene rings is 1. The number of rotatable bonds is 9. The zero-order valence-corrected chi connectivity index (χ0v) is 22.4. The van der Waals surface area contributed by atoms with Crippen molar-refractivity contribution < 1.29 is 14.3 Å². The Labute approximate surface area is 223 Å². The van der Waals surface area contributed by atoms with Gasteiger partial charge in [0.1, 0.15) is 11.6 Å². The summed E-state index contributed by atoms with van der Waals surface area (Å²) in [6.07, 6.45) is 1.80. The van der Waals surface area contributed by atoms with Gasteiger partial charge in [0.15, 0.2) is 5.69 Å². The van der Waals surface area contributed by atoms with E-state index in [1.54, 1.807) is 16.9 Å². The molecular formula is C26H33Cl2N5O3. The SMILES string of the molecule is Cc1cc(C(=O)Nc2ccc(CN3CCOCC3)cn2)nn1Cc1cc(Cl)ccc1OCC(C)C.Cl. The number of carbonyl (C=O) groups is 1. The fourth-order valence-electron chi connectivity index (χ4n) is 3.80. The first-order valence-corrected chi connectivity index (χ1v) is 12.3. The van der Waals surface area contributed by atoms with Crippen LogP contribution in [0.15, 0.2) is 42.6 Å². The van der Waals surface area contributed by atoms with E-state index in [1.807, 2.05) is 37.3 Å². The quantitative estimate of drug-likeness (QED) is 0.424. The Morgan fingerprint density at radius 3 is 2.64 bits per heavy atom. The van der Waals surface area contributed by atoms with Crippen LogP contribution in [-0.2, 0) is 17.8 Å². The van der Waals surface area contributed by atoms with Gasteiger partial charge in [0.2, 0.25) is 0 Å². The van der Waals surface area contributed by atoms with Crippen LogP contribution in [0.3, 0.4) is 0 Å². The molecule has 1 aliphatic rings. The highest BCUT2D eigenvalue weighted by Gasteiger charge is 2.16. The van der Waals surface area contributed by atoms with Crippen LogP contribution in [0.2, 0.25) is 5.02 Å². The molecule has 8 nitrogen and oxygen atoms in total. The van der Waals surface area contributed by atoms with Gasteiger partial charge in [0.25, 0.3) is 5.91 Å². The first-order chi connectivity index (χ1) is 16.9. The molecule has 1 N–H and O–H groups in total. The van der Waals surface area contributed by atoms with Crippen LogP contribution in [-0.4, -0.2) is 58.5 Å². The Morgan fingerprint density at radius 1 is 1.17 bits per heavy atom. The number of aromatic nitrogens is 3. The smallest absolute Gasteiger partial charge is 0.277 e. The minimum absolute atomic E-state index is 0. The number of amides is 1. The summed E-state index contributed by atoms with van der Waals surface area (Å²) in [5.41, 5.74) is 3.20. The van der Waals surface area contributed by atoms with Crippen LogP contribution in [0.25, 0.3) is 0 Å². The van der Waals surface area contributed by atoms with Crippen molar-refractivity contribution in [2.24, 2.45) is 5.92 Å². The van der Waals surface area contributed by atoms with Crippen molar-refractivity contribution >= 4 is 35.7 Å². The Balaban J connectivity index is 0.00000361. The van der Waals surface area contributed by atoms with Gasteiger partial charge in [-0.1, -0.05) is 31.5 Å². The van der Waals surface area contributed by atoms with Crippen molar-refractivity contribution in [1.82, 2.24) is 19.7 Å². The molecule has 1 aromatic carbocycles. The summed E-state index contributed by atoms with van der Waals surface area (Å²) >= 11 is 6.23. The minimum Gasteiger partial charge on any atom is -0.493 e. The van der Waals surface area contributed by atoms with Crippen LogP contribution < -0.4 is 10.1 Å². The third kappa shape index (κ3) is 7.67. The van der Waals surface area contributed by atoms with Crippen molar-refractivity contribution in [3.05, 3.63) is 70.1 Å². The maximum atomic E-state index is 12.8. The van der Waals surface area contributed by atoms with Gasteiger partial charge in [-0.15, -0.1) is 12.4 Å². The molecule has 1 amide bonds. The Bertz CT molecular complexity index is 1140. The second-order valence-electron chi connectivity index (χ2n) is 9.18. The summed E-state index contributed by atoms with van der Waals surface area (Å²) in [5.74, 6) is 1.36. The summed E-state index contributed by atoms with van der Waals surface area (Å²) in [6.45, 7) is 11.4. The number of morpholine rings is 1. The van der Waals surface area contributed by atoms with Crippen molar-refractivity contribution in [1.29, 1.82) is 0 Å². The summed E-state index contributed by atoms with van der Waals surface area (Å²) in [5, 5.41) is 7.99. The van der Waals surface area contributed by atoms with E-state index < -0.39 is 0 Å². The lowest BCUT2D eigenvalue weighted by Crippen LogP contribution is -2.35. The maximum absolute atomic E-state index is 12.8. The Morgan fingerprint density at radius 2 is 1.94 bits per heavy atom. The number of hydrogen-bond donors (Lipinski definition) is 1. The fraction of sp³-hybridized carbons (Fsp3) is 0.423. The fourth-order valence-corrected chi connectivity index (χ4v) is 4.00. The monoisotopic (exact) mass is 533 g/mol. The minimum atomic E-state index is -0.303. The Hall–Kier alpha value is -2.65. The van der Waals surface area contributed by atoms with E-state index in [4.69, 9.17) is 21.1 Å². The standard InChI is InChI=1S/C26H32ClN5O3.ClH/c1-18(2)17-35-24-6-5-22(27)13-21(24)16-32-19(3)12-23(30-32)26(33)29-25-7-4-20(14-28-25)15-31-8-10-34-11-9-31;/h4-7,12-14,18H,8-11,15-17H2,1-3H3,(H,28,29,33);1H. The predicted molar refractivity (Wildman–Crippen MR) is 143 cm³/mol. The number of halogens is 2. The molecule has 10 heteroatoms. The molecule has 194 valence electrons. The van der Waals surface area contributed by atoms with Gasteiger partial charge in [-0.2, -0.15) is 5.10 Å². The number of nitrogens with zero attached hydrogens (tertiary/aromatic N) is 4. The summed E-state index contributed by atoms with van der Waals surface area (Å²) in [6, 6.07) is 11.1. The molecule has 0 spiro atoms. The highest BCUT2D eigenvalue weighted by Crippen LogP contribution is 2.25. The number of hydrogen-bond acceptors (Lipinski definition) is 6. The summed E-state index contributed by atoms with van der Waals surface area (Å²) < 4.78 is 13.1. The van der Waals surface area contributed by atoms with E-state index in [9.17, 15) is 4.79 Å². The van der Waals surface area contributed by atoms with Crippen molar-refractivity contribution in [2.75, 3.05) is 38.2 Å². The zero-order chi connectivity index (χ0) is 24.8. The van der Waals surface area contributed by atoms with Crippen LogP contribution in [0.1, 0.15) is 41.2 Å². The van der Waals surface area contributed by atoms with Crippen LogP contribution >= 0.6 is 24.0 Å². The number of pyridine rings is 1. The molecular weight excluding hydrogens is 501 g/mol. The van der Waals surface area contributed by atoms with Gasteiger partial charge in [-0.3, -0.25) is 14.4 Å². The van der Waals surface area contributed by atoms with Gasteiger partial charge in [0.05, 0.1) is 26.4 Å². The lowest BCUT2D eigenvalue weighted by molar-refractivity contribution is 0.0341. The van der Waals surface area contributed by atoms with E-state index in [1.165, 1.54) is 0 Å². The number of aryl methyl sites for hydroxylation is 1. The molecule has 1 aliphatic heterocycles. The second kappa shape index (κ2) is 13.1. The van der Waals surface area contributed by atoms with E-state index in [0.717, 1.165) is 55.4 Å². The van der Waals surface area contributed by atoms with E-state index in [0.29, 0.717) is 35.6 Å². The zero-order valence-electron chi connectivity index (χ0n) is 20.9. The maximum Gasteiger partial charge on any atom is 0.277 e. The van der Waals surface area contributed by atoms with Crippen LogP contribution in [0.4, 0.5) is 5.82 Å². The number of anilines is 1. The van der Waals surface area contributed by atoms with Gasteiger partial charge in [-0.05, 0) is 48.7 Å². The molecule has 4 rings (SSSR count). The second-order valence-corrected chi connectivity index (χ2v) is 9.62. The van der Waals surface area contributed by atoms with Crippen molar-refractivity contribution in [3.8, 4) is 5.75 Å². The highest BCUT2D eigenvalue weighted by molar-refractivity contribution is 6.30. The van der Waals surface area contributed by atoms with Gasteiger partial charge < -0.3 is 14.8 Å². The number of ether oxygens (including phenoxy) is 2. The molecule has 0 atom stereocenters. The first-order valence-electron chi connectivity index (χ1n) is 11.9. The third-order valence-corrected chi connectivity index (χ3v) is 5.94.